The highest BCUT2D eigenvalue weighted by molar-refractivity contribution is 7.90. The summed E-state index contributed by atoms with van der Waals surface area (Å²) in [5.41, 5.74) is 7.67. The van der Waals surface area contributed by atoms with Crippen molar-refractivity contribution < 1.29 is 8.42 Å². The molecule has 0 bridgehead atoms. The maximum Gasteiger partial charge on any atom is 0.269 e. The molecule has 3 aromatic rings. The second-order valence-corrected chi connectivity index (χ2v) is 6.38. The maximum absolute atomic E-state index is 12.6. The molecule has 2 heterocycles. The molecule has 1 aromatic carbocycles. The molecule has 0 unspecified atom stereocenters. The van der Waals surface area contributed by atoms with Gasteiger partial charge in [0.15, 0.2) is 5.65 Å². The Balaban J connectivity index is 2.24. The molecule has 0 fully saturated rings. The number of hydrogen-bond acceptors (Lipinski definition) is 4. The van der Waals surface area contributed by atoms with E-state index in [-0.39, 0.29) is 4.90 Å². The Labute approximate surface area is 116 Å². The fourth-order valence-corrected chi connectivity index (χ4v) is 3.35. The van der Waals surface area contributed by atoms with Crippen LogP contribution in [-0.4, -0.2) is 17.4 Å². The van der Waals surface area contributed by atoms with Crippen LogP contribution in [0, 0.1) is 6.92 Å². The van der Waals surface area contributed by atoms with Crippen LogP contribution in [0.15, 0.2) is 53.7 Å². The van der Waals surface area contributed by atoms with E-state index in [1.54, 1.807) is 36.4 Å². The minimum atomic E-state index is -3.66. The lowest BCUT2D eigenvalue weighted by Gasteiger charge is -2.07. The predicted octanol–water partition coefficient (Wildman–Crippen LogP) is 2.16. The molecule has 0 aliphatic rings. The molecule has 0 saturated heterocycles. The van der Waals surface area contributed by atoms with Gasteiger partial charge in [-0.2, -0.15) is 0 Å². The monoisotopic (exact) mass is 287 g/mol. The van der Waals surface area contributed by atoms with E-state index in [9.17, 15) is 8.42 Å². The van der Waals surface area contributed by atoms with Gasteiger partial charge in [-0.05, 0) is 31.2 Å². The standard InChI is InChI=1S/C14H13N3O2S/c1-10-2-4-11(5-3-10)20(18,19)17-9-7-12-13(15)6-8-16-14(12)17/h2-9H,1H3,(H2,15,16). The van der Waals surface area contributed by atoms with E-state index in [4.69, 9.17) is 5.73 Å². The van der Waals surface area contributed by atoms with Crippen molar-refractivity contribution in [1.29, 1.82) is 0 Å². The van der Waals surface area contributed by atoms with E-state index in [1.807, 2.05) is 6.92 Å². The zero-order valence-corrected chi connectivity index (χ0v) is 11.6. The Morgan fingerprint density at radius 3 is 2.50 bits per heavy atom. The Kier molecular flexibility index (Phi) is 2.76. The molecule has 0 aliphatic carbocycles. The molecule has 0 saturated carbocycles. The molecule has 2 aromatic heterocycles. The summed E-state index contributed by atoms with van der Waals surface area (Å²) in [6, 6.07) is 10.0. The molecule has 5 nitrogen and oxygen atoms in total. The lowest BCUT2D eigenvalue weighted by Crippen LogP contribution is -2.12. The smallest absolute Gasteiger partial charge is 0.269 e. The predicted molar refractivity (Wildman–Crippen MR) is 77.9 cm³/mol. The first-order valence-corrected chi connectivity index (χ1v) is 7.48. The highest BCUT2D eigenvalue weighted by Gasteiger charge is 2.19. The van der Waals surface area contributed by atoms with Crippen molar-refractivity contribution in [2.24, 2.45) is 0 Å². The largest absolute Gasteiger partial charge is 0.398 e. The highest BCUT2D eigenvalue weighted by atomic mass is 32.2. The van der Waals surface area contributed by atoms with Gasteiger partial charge in [0.25, 0.3) is 10.0 Å². The molecule has 2 N–H and O–H groups in total. The summed E-state index contributed by atoms with van der Waals surface area (Å²) in [4.78, 5) is 4.34. The summed E-state index contributed by atoms with van der Waals surface area (Å²) < 4.78 is 26.4. The molecule has 0 aliphatic heterocycles. The average Bonchev–Trinajstić information content (AvgIpc) is 2.85. The van der Waals surface area contributed by atoms with Gasteiger partial charge in [-0.3, -0.25) is 0 Å². The third-order valence-electron chi connectivity index (χ3n) is 3.17. The number of anilines is 1. The van der Waals surface area contributed by atoms with Gasteiger partial charge in [0.1, 0.15) is 0 Å². The first-order chi connectivity index (χ1) is 9.50. The lowest BCUT2D eigenvalue weighted by molar-refractivity contribution is 0.589. The zero-order valence-electron chi connectivity index (χ0n) is 10.8. The molecule has 102 valence electrons. The SMILES string of the molecule is Cc1ccc(S(=O)(=O)n2ccc3c(N)ccnc32)cc1. The summed E-state index contributed by atoms with van der Waals surface area (Å²) in [7, 11) is -3.66. The van der Waals surface area contributed by atoms with E-state index in [0.29, 0.717) is 16.7 Å². The van der Waals surface area contributed by atoms with Crippen molar-refractivity contribution in [2.45, 2.75) is 11.8 Å². The van der Waals surface area contributed by atoms with Gasteiger partial charge in [0, 0.05) is 23.5 Å². The van der Waals surface area contributed by atoms with Gasteiger partial charge in [0.2, 0.25) is 0 Å². The van der Waals surface area contributed by atoms with Crippen LogP contribution >= 0.6 is 0 Å². The Hall–Kier alpha value is -2.34. The van der Waals surface area contributed by atoms with E-state index in [0.717, 1.165) is 9.54 Å². The van der Waals surface area contributed by atoms with Crippen LogP contribution < -0.4 is 5.73 Å². The zero-order chi connectivity index (χ0) is 14.3. The van der Waals surface area contributed by atoms with Gasteiger partial charge in [-0.1, -0.05) is 17.7 Å². The van der Waals surface area contributed by atoms with Gasteiger partial charge < -0.3 is 5.73 Å². The molecule has 20 heavy (non-hydrogen) atoms. The quantitative estimate of drug-likeness (QED) is 0.783. The van der Waals surface area contributed by atoms with Crippen LogP contribution in [0.4, 0.5) is 5.69 Å². The number of aryl methyl sites for hydroxylation is 1. The molecule has 0 atom stereocenters. The number of pyridine rings is 1. The number of fused-ring (bicyclic) bond motifs is 1. The second kappa shape index (κ2) is 4.35. The van der Waals surface area contributed by atoms with Crippen molar-refractivity contribution >= 4 is 26.7 Å². The average molecular weight is 287 g/mol. The van der Waals surface area contributed by atoms with Crippen molar-refractivity contribution in [3.8, 4) is 0 Å². The van der Waals surface area contributed by atoms with Gasteiger partial charge in [-0.25, -0.2) is 17.4 Å². The summed E-state index contributed by atoms with van der Waals surface area (Å²) in [5.74, 6) is 0. The van der Waals surface area contributed by atoms with Crippen LogP contribution in [0.3, 0.4) is 0 Å². The topological polar surface area (TPSA) is 78.0 Å². The lowest BCUT2D eigenvalue weighted by atomic mass is 10.2. The molecule has 0 amide bonds. The summed E-state index contributed by atoms with van der Waals surface area (Å²) in [5, 5.41) is 0.628. The Morgan fingerprint density at radius 1 is 1.10 bits per heavy atom. The van der Waals surface area contributed by atoms with Crippen molar-refractivity contribution in [3.63, 3.8) is 0 Å². The number of nitrogens with two attached hydrogens (primary N) is 1. The number of aromatic nitrogens is 2. The van der Waals surface area contributed by atoms with Crippen molar-refractivity contribution in [2.75, 3.05) is 5.73 Å². The number of nitrogen functional groups attached to an aromatic ring is 1. The summed E-state index contributed by atoms with van der Waals surface area (Å²) in [6.45, 7) is 1.91. The van der Waals surface area contributed by atoms with Crippen LogP contribution in [-0.2, 0) is 10.0 Å². The number of hydrogen-bond donors (Lipinski definition) is 1. The molecule has 6 heteroatoms. The van der Waals surface area contributed by atoms with E-state index < -0.39 is 10.0 Å². The third kappa shape index (κ3) is 1.85. The molecule has 0 radical (unpaired) electrons. The number of nitrogens with zero attached hydrogens (tertiary/aromatic N) is 2. The number of rotatable bonds is 2. The Morgan fingerprint density at radius 2 is 1.80 bits per heavy atom. The van der Waals surface area contributed by atoms with Crippen LogP contribution in [0.2, 0.25) is 0 Å². The van der Waals surface area contributed by atoms with Crippen molar-refractivity contribution in [3.05, 3.63) is 54.4 Å². The normalized spacial score (nSPS) is 11.8. The molecular weight excluding hydrogens is 274 g/mol. The van der Waals surface area contributed by atoms with Crippen LogP contribution in [0.1, 0.15) is 5.56 Å². The van der Waals surface area contributed by atoms with E-state index >= 15 is 0 Å². The van der Waals surface area contributed by atoms with Crippen LogP contribution in [0.25, 0.3) is 11.0 Å². The molecule has 0 spiro atoms. The molecular formula is C14H13N3O2S. The fraction of sp³-hybridized carbons (Fsp3) is 0.0714. The minimum Gasteiger partial charge on any atom is -0.398 e. The van der Waals surface area contributed by atoms with E-state index in [2.05, 4.69) is 4.98 Å². The third-order valence-corrected chi connectivity index (χ3v) is 4.85. The van der Waals surface area contributed by atoms with Crippen LogP contribution in [0.5, 0.6) is 0 Å². The Bertz CT molecular complexity index is 880. The first kappa shape index (κ1) is 12.7. The highest BCUT2D eigenvalue weighted by Crippen LogP contribution is 2.24. The second-order valence-electron chi connectivity index (χ2n) is 4.57. The minimum absolute atomic E-state index is 0.227. The van der Waals surface area contributed by atoms with Gasteiger partial charge >= 0.3 is 0 Å². The molecule has 3 rings (SSSR count). The fourth-order valence-electron chi connectivity index (χ4n) is 2.05. The maximum atomic E-state index is 12.6. The first-order valence-electron chi connectivity index (χ1n) is 6.04. The summed E-state index contributed by atoms with van der Waals surface area (Å²) >= 11 is 0. The number of benzene rings is 1. The van der Waals surface area contributed by atoms with E-state index in [1.165, 1.54) is 12.4 Å². The van der Waals surface area contributed by atoms with Crippen molar-refractivity contribution in [1.82, 2.24) is 8.96 Å². The van der Waals surface area contributed by atoms with Gasteiger partial charge in [-0.15, -0.1) is 0 Å². The van der Waals surface area contributed by atoms with Gasteiger partial charge in [0.05, 0.1) is 4.90 Å². The summed E-state index contributed by atoms with van der Waals surface area (Å²) in [6.07, 6.45) is 2.97.